The fourth-order valence-electron chi connectivity index (χ4n) is 3.82. The SMILES string of the molecule is COc1cccc(C(=O)Nc2ccc3cc2CCc2cccc(c2)Nc2ncc(Cl)c(n2)N3)c1. The van der Waals surface area contributed by atoms with E-state index >= 15 is 0 Å². The number of anilines is 5. The predicted octanol–water partition coefficient (Wildman–Crippen LogP) is 5.98. The number of aromatic nitrogens is 2. The maximum atomic E-state index is 13.0. The van der Waals surface area contributed by atoms with E-state index in [-0.39, 0.29) is 5.91 Å². The number of hydrogen-bond donors (Lipinski definition) is 3. The Morgan fingerprint density at radius 2 is 1.85 bits per heavy atom. The van der Waals surface area contributed by atoms with Crippen LogP contribution in [0.3, 0.4) is 0 Å². The molecule has 3 aromatic carbocycles. The summed E-state index contributed by atoms with van der Waals surface area (Å²) >= 11 is 6.34. The fraction of sp³-hybridized carbons (Fsp3) is 0.115. The molecule has 2 heterocycles. The molecule has 0 radical (unpaired) electrons. The number of nitrogens with one attached hydrogen (secondary N) is 3. The van der Waals surface area contributed by atoms with Gasteiger partial charge in [0, 0.05) is 22.6 Å². The summed E-state index contributed by atoms with van der Waals surface area (Å²) in [5.41, 5.74) is 5.12. The molecule has 1 aliphatic rings. The van der Waals surface area contributed by atoms with Crippen LogP contribution in [0, 0.1) is 0 Å². The Morgan fingerprint density at radius 3 is 2.74 bits per heavy atom. The number of methoxy groups -OCH3 is 1. The number of carbonyl (C=O) groups excluding carboxylic acids is 1. The molecule has 3 N–H and O–H groups in total. The lowest BCUT2D eigenvalue weighted by molar-refractivity contribution is 0.102. The number of halogens is 1. The van der Waals surface area contributed by atoms with Gasteiger partial charge >= 0.3 is 0 Å². The van der Waals surface area contributed by atoms with E-state index in [2.05, 4.69) is 38.1 Å². The molecule has 6 bridgehead atoms. The summed E-state index contributed by atoms with van der Waals surface area (Å²) < 4.78 is 5.25. The number of rotatable bonds is 3. The third-order valence-electron chi connectivity index (χ3n) is 5.56. The van der Waals surface area contributed by atoms with Gasteiger partial charge in [-0.05, 0) is 72.5 Å². The maximum absolute atomic E-state index is 13.0. The maximum Gasteiger partial charge on any atom is 0.255 e. The second-order valence-electron chi connectivity index (χ2n) is 7.90. The van der Waals surface area contributed by atoms with E-state index in [0.717, 1.165) is 41.0 Å². The molecule has 1 aliphatic heterocycles. The van der Waals surface area contributed by atoms with Crippen LogP contribution in [0.5, 0.6) is 5.75 Å². The van der Waals surface area contributed by atoms with Crippen molar-refractivity contribution in [3.63, 3.8) is 0 Å². The van der Waals surface area contributed by atoms with Crippen molar-refractivity contribution in [2.24, 2.45) is 0 Å². The highest BCUT2D eigenvalue weighted by atomic mass is 35.5. The summed E-state index contributed by atoms with van der Waals surface area (Å²) in [6.07, 6.45) is 3.08. The average Bonchev–Trinajstić information content (AvgIpc) is 2.86. The molecule has 0 fully saturated rings. The number of fused-ring (bicyclic) bond motifs is 6. The molecular formula is C26H22ClN5O2. The van der Waals surface area contributed by atoms with Crippen LogP contribution in [0.25, 0.3) is 0 Å². The molecule has 34 heavy (non-hydrogen) atoms. The first-order chi connectivity index (χ1) is 16.6. The van der Waals surface area contributed by atoms with E-state index in [9.17, 15) is 4.79 Å². The Kier molecular flexibility index (Phi) is 6.01. The van der Waals surface area contributed by atoms with Crippen molar-refractivity contribution in [2.75, 3.05) is 23.1 Å². The highest BCUT2D eigenvalue weighted by molar-refractivity contribution is 6.32. The highest BCUT2D eigenvalue weighted by Crippen LogP contribution is 2.29. The number of amides is 1. The largest absolute Gasteiger partial charge is 0.497 e. The van der Waals surface area contributed by atoms with Gasteiger partial charge in [-0.15, -0.1) is 0 Å². The van der Waals surface area contributed by atoms with Gasteiger partial charge in [-0.2, -0.15) is 4.98 Å². The number of carbonyl (C=O) groups is 1. The van der Waals surface area contributed by atoms with Crippen molar-refractivity contribution in [2.45, 2.75) is 12.8 Å². The van der Waals surface area contributed by atoms with Gasteiger partial charge in [-0.3, -0.25) is 4.79 Å². The van der Waals surface area contributed by atoms with E-state index in [1.807, 2.05) is 36.4 Å². The van der Waals surface area contributed by atoms with Crippen LogP contribution in [-0.4, -0.2) is 23.0 Å². The lowest BCUT2D eigenvalue weighted by atomic mass is 10.0. The molecule has 0 saturated heterocycles. The molecule has 4 aromatic rings. The molecule has 0 unspecified atom stereocenters. The number of nitrogens with zero attached hydrogens (tertiary/aromatic N) is 2. The van der Waals surface area contributed by atoms with E-state index < -0.39 is 0 Å². The number of aryl methyl sites for hydroxylation is 2. The van der Waals surface area contributed by atoms with E-state index in [4.69, 9.17) is 16.3 Å². The molecule has 0 spiro atoms. The fourth-order valence-corrected chi connectivity index (χ4v) is 3.96. The van der Waals surface area contributed by atoms with Gasteiger partial charge in [0.05, 0.1) is 13.3 Å². The Balaban J connectivity index is 1.51. The topological polar surface area (TPSA) is 88.2 Å². The monoisotopic (exact) mass is 471 g/mol. The zero-order valence-electron chi connectivity index (χ0n) is 18.4. The van der Waals surface area contributed by atoms with Gasteiger partial charge < -0.3 is 20.7 Å². The molecule has 0 saturated carbocycles. The molecule has 0 atom stereocenters. The van der Waals surface area contributed by atoms with Gasteiger partial charge in [-0.1, -0.05) is 29.8 Å². The summed E-state index contributed by atoms with van der Waals surface area (Å²) in [4.78, 5) is 21.8. The van der Waals surface area contributed by atoms with Crippen molar-refractivity contribution in [3.8, 4) is 5.75 Å². The van der Waals surface area contributed by atoms with Crippen molar-refractivity contribution in [1.29, 1.82) is 0 Å². The predicted molar refractivity (Wildman–Crippen MR) is 135 cm³/mol. The minimum atomic E-state index is -0.201. The summed E-state index contributed by atoms with van der Waals surface area (Å²) in [6, 6.07) is 21.0. The van der Waals surface area contributed by atoms with Gasteiger partial charge in [0.15, 0.2) is 5.82 Å². The Morgan fingerprint density at radius 1 is 1.00 bits per heavy atom. The average molecular weight is 472 g/mol. The Hall–Kier alpha value is -4.10. The zero-order valence-corrected chi connectivity index (χ0v) is 19.2. The van der Waals surface area contributed by atoms with Crippen LogP contribution in [0.4, 0.5) is 28.8 Å². The van der Waals surface area contributed by atoms with Crippen molar-refractivity contribution < 1.29 is 9.53 Å². The van der Waals surface area contributed by atoms with Crippen LogP contribution in [0.15, 0.2) is 72.9 Å². The standard InChI is InChI=1S/C26H22ClN5O2/c1-34-21-7-3-5-18(14-21)25(33)31-23-11-10-20-13-17(23)9-8-16-4-2-6-19(12-16)30-26-28-15-22(27)24(29-20)32-26/h2-7,10-15H,8-9H2,1H3,(H,31,33)(H2,28,29,30,32). The molecule has 0 aliphatic carbocycles. The van der Waals surface area contributed by atoms with Gasteiger partial charge in [0.2, 0.25) is 5.95 Å². The normalized spacial score (nSPS) is 12.2. The third kappa shape index (κ3) is 4.79. The van der Waals surface area contributed by atoms with Crippen LogP contribution < -0.4 is 20.7 Å². The summed E-state index contributed by atoms with van der Waals surface area (Å²) in [5, 5.41) is 9.97. The number of hydrogen-bond acceptors (Lipinski definition) is 6. The minimum Gasteiger partial charge on any atom is -0.497 e. The van der Waals surface area contributed by atoms with Gasteiger partial charge in [0.1, 0.15) is 10.8 Å². The van der Waals surface area contributed by atoms with Crippen LogP contribution >= 0.6 is 11.6 Å². The van der Waals surface area contributed by atoms with Gasteiger partial charge in [-0.25, -0.2) is 4.98 Å². The molecule has 1 aromatic heterocycles. The smallest absolute Gasteiger partial charge is 0.255 e. The first kappa shape index (κ1) is 21.7. The molecule has 1 amide bonds. The van der Waals surface area contributed by atoms with Crippen molar-refractivity contribution in [3.05, 3.63) is 94.6 Å². The molecule has 8 heteroatoms. The summed E-state index contributed by atoms with van der Waals surface area (Å²) in [6.45, 7) is 0. The van der Waals surface area contributed by atoms with Crippen LogP contribution in [-0.2, 0) is 12.8 Å². The third-order valence-corrected chi connectivity index (χ3v) is 5.83. The molecule has 5 rings (SSSR count). The second-order valence-corrected chi connectivity index (χ2v) is 8.31. The lowest BCUT2D eigenvalue weighted by Gasteiger charge is -2.15. The van der Waals surface area contributed by atoms with Crippen molar-refractivity contribution in [1.82, 2.24) is 9.97 Å². The second kappa shape index (κ2) is 9.41. The Labute approximate surface area is 202 Å². The van der Waals surface area contributed by atoms with E-state index in [0.29, 0.717) is 28.1 Å². The quantitative estimate of drug-likeness (QED) is 0.341. The van der Waals surface area contributed by atoms with Crippen LogP contribution in [0.1, 0.15) is 21.5 Å². The highest BCUT2D eigenvalue weighted by Gasteiger charge is 2.14. The number of ether oxygens (including phenoxy) is 1. The molecule has 170 valence electrons. The lowest BCUT2D eigenvalue weighted by Crippen LogP contribution is -2.14. The zero-order chi connectivity index (χ0) is 23.5. The molecule has 7 nitrogen and oxygen atoms in total. The minimum absolute atomic E-state index is 0.201. The molecular weight excluding hydrogens is 450 g/mol. The first-order valence-electron chi connectivity index (χ1n) is 10.8. The number of benzene rings is 3. The van der Waals surface area contributed by atoms with Crippen LogP contribution in [0.2, 0.25) is 5.02 Å². The van der Waals surface area contributed by atoms with E-state index in [1.165, 1.54) is 0 Å². The van der Waals surface area contributed by atoms with Crippen molar-refractivity contribution >= 4 is 46.3 Å². The first-order valence-corrected chi connectivity index (χ1v) is 11.2. The summed E-state index contributed by atoms with van der Waals surface area (Å²) in [7, 11) is 1.58. The Bertz CT molecular complexity index is 1380. The van der Waals surface area contributed by atoms with E-state index in [1.54, 1.807) is 31.5 Å². The summed E-state index contributed by atoms with van der Waals surface area (Å²) in [5.74, 6) is 1.38. The van der Waals surface area contributed by atoms with Gasteiger partial charge in [0.25, 0.3) is 5.91 Å².